The van der Waals surface area contributed by atoms with Crippen molar-refractivity contribution in [3.63, 3.8) is 0 Å². The van der Waals surface area contributed by atoms with Gasteiger partial charge >= 0.3 is 0 Å². The highest BCUT2D eigenvalue weighted by molar-refractivity contribution is 5.35. The smallest absolute Gasteiger partial charge is 0.168 e. The van der Waals surface area contributed by atoms with Crippen molar-refractivity contribution in [1.82, 2.24) is 5.32 Å². The van der Waals surface area contributed by atoms with Gasteiger partial charge in [0.1, 0.15) is 0 Å². The van der Waals surface area contributed by atoms with Crippen LogP contribution in [0.1, 0.15) is 22.6 Å². The van der Waals surface area contributed by atoms with Gasteiger partial charge in [0.2, 0.25) is 0 Å². The van der Waals surface area contributed by atoms with Gasteiger partial charge in [-0.25, -0.2) is 4.39 Å². The Bertz CT molecular complexity index is 598. The molecule has 0 aromatic heterocycles. The van der Waals surface area contributed by atoms with Crippen LogP contribution in [0, 0.1) is 12.7 Å². The monoisotopic (exact) mass is 287 g/mol. The van der Waals surface area contributed by atoms with Crippen molar-refractivity contribution in [1.29, 1.82) is 0 Å². The number of methoxy groups -OCH3 is 1. The molecule has 0 aliphatic heterocycles. The quantitative estimate of drug-likeness (QED) is 0.875. The van der Waals surface area contributed by atoms with Crippen molar-refractivity contribution in [3.05, 3.63) is 65.0 Å². The van der Waals surface area contributed by atoms with Crippen LogP contribution >= 0.6 is 0 Å². The largest absolute Gasteiger partial charge is 0.494 e. The first-order valence-corrected chi connectivity index (χ1v) is 7.19. The van der Waals surface area contributed by atoms with E-state index < -0.39 is 0 Å². The molecule has 0 saturated heterocycles. The van der Waals surface area contributed by atoms with Crippen LogP contribution in [0.4, 0.5) is 4.39 Å². The van der Waals surface area contributed by atoms with Crippen LogP contribution in [0.3, 0.4) is 0 Å². The van der Waals surface area contributed by atoms with Gasteiger partial charge in [-0.1, -0.05) is 36.4 Å². The Morgan fingerprint density at radius 2 is 1.90 bits per heavy atom. The van der Waals surface area contributed by atoms with Crippen molar-refractivity contribution < 1.29 is 9.13 Å². The summed E-state index contributed by atoms with van der Waals surface area (Å²) in [6, 6.07) is 13.6. The number of halogens is 1. The van der Waals surface area contributed by atoms with Gasteiger partial charge in [-0.05, 0) is 43.1 Å². The lowest BCUT2D eigenvalue weighted by molar-refractivity contribution is 0.383. The molecule has 0 bridgehead atoms. The number of benzene rings is 2. The Morgan fingerprint density at radius 1 is 1.14 bits per heavy atom. The van der Waals surface area contributed by atoms with Gasteiger partial charge < -0.3 is 10.1 Å². The fourth-order valence-corrected chi connectivity index (χ4v) is 2.72. The fourth-order valence-electron chi connectivity index (χ4n) is 2.72. The molecule has 0 spiro atoms. The number of nitrogens with one attached hydrogen (secondary N) is 1. The van der Waals surface area contributed by atoms with Crippen molar-refractivity contribution in [3.8, 4) is 5.75 Å². The van der Waals surface area contributed by atoms with Gasteiger partial charge in [0.25, 0.3) is 0 Å². The summed E-state index contributed by atoms with van der Waals surface area (Å²) in [6.07, 6.45) is 0.648. The van der Waals surface area contributed by atoms with Gasteiger partial charge in [-0.15, -0.1) is 0 Å². The minimum atomic E-state index is -0.255. The fraction of sp³-hybridized carbons (Fsp3) is 0.333. The molecule has 1 unspecified atom stereocenters. The van der Waals surface area contributed by atoms with E-state index in [0.717, 1.165) is 6.54 Å². The van der Waals surface area contributed by atoms with Gasteiger partial charge in [-0.3, -0.25) is 0 Å². The Labute approximate surface area is 126 Å². The van der Waals surface area contributed by atoms with Crippen LogP contribution in [0.5, 0.6) is 5.75 Å². The number of aryl methyl sites for hydroxylation is 1. The first kappa shape index (κ1) is 15.5. The van der Waals surface area contributed by atoms with Gasteiger partial charge in [0.05, 0.1) is 7.11 Å². The summed E-state index contributed by atoms with van der Waals surface area (Å²) in [5.41, 5.74) is 3.19. The molecule has 2 rings (SSSR count). The second kappa shape index (κ2) is 7.23. The predicted molar refractivity (Wildman–Crippen MR) is 84.5 cm³/mol. The maximum atomic E-state index is 14.3. The van der Waals surface area contributed by atoms with Gasteiger partial charge in [0.15, 0.2) is 11.6 Å². The van der Waals surface area contributed by atoms with Crippen LogP contribution in [0.15, 0.2) is 42.5 Å². The standard InChI is InChI=1S/C18H22FNO/c1-13-7-4-5-9-16(13)15(12-20-2)11-14-8-6-10-17(21-3)18(14)19/h4-10,15,20H,11-12H2,1-3H3. The summed E-state index contributed by atoms with van der Waals surface area (Å²) in [7, 11) is 3.42. The minimum Gasteiger partial charge on any atom is -0.494 e. The van der Waals surface area contributed by atoms with Crippen LogP contribution in [0.25, 0.3) is 0 Å². The summed E-state index contributed by atoms with van der Waals surface area (Å²) in [4.78, 5) is 0. The second-order valence-corrected chi connectivity index (χ2v) is 5.25. The predicted octanol–water partition coefficient (Wildman–Crippen LogP) is 3.69. The lowest BCUT2D eigenvalue weighted by Crippen LogP contribution is -2.20. The molecule has 0 fully saturated rings. The Morgan fingerprint density at radius 3 is 2.57 bits per heavy atom. The van der Waals surface area contributed by atoms with Crippen molar-refractivity contribution in [2.24, 2.45) is 0 Å². The number of hydrogen-bond donors (Lipinski definition) is 1. The van der Waals surface area contributed by atoms with Crippen molar-refractivity contribution in [2.75, 3.05) is 20.7 Å². The van der Waals surface area contributed by atoms with E-state index in [2.05, 4.69) is 24.4 Å². The van der Waals surface area contributed by atoms with E-state index in [9.17, 15) is 4.39 Å². The zero-order chi connectivity index (χ0) is 15.2. The average molecular weight is 287 g/mol. The molecule has 0 amide bonds. The Balaban J connectivity index is 2.31. The first-order chi connectivity index (χ1) is 10.2. The zero-order valence-corrected chi connectivity index (χ0v) is 12.8. The molecule has 1 atom stereocenters. The SMILES string of the molecule is CNCC(Cc1cccc(OC)c1F)c1ccccc1C. The molecule has 0 aliphatic carbocycles. The van der Waals surface area contributed by atoms with Crippen LogP contribution in [-0.2, 0) is 6.42 Å². The number of rotatable bonds is 6. The van der Waals surface area contributed by atoms with Crippen molar-refractivity contribution in [2.45, 2.75) is 19.3 Å². The third kappa shape index (κ3) is 3.61. The molecule has 0 heterocycles. The highest BCUT2D eigenvalue weighted by Crippen LogP contribution is 2.27. The lowest BCUT2D eigenvalue weighted by atomic mass is 9.89. The topological polar surface area (TPSA) is 21.3 Å². The van der Waals surface area contributed by atoms with E-state index in [1.807, 2.05) is 31.3 Å². The maximum absolute atomic E-state index is 14.3. The van der Waals surface area contributed by atoms with Crippen LogP contribution in [0.2, 0.25) is 0 Å². The van der Waals surface area contributed by atoms with E-state index in [1.165, 1.54) is 18.2 Å². The molecule has 0 radical (unpaired) electrons. The Hall–Kier alpha value is -1.87. The second-order valence-electron chi connectivity index (χ2n) is 5.25. The molecular formula is C18H22FNO. The van der Waals surface area contributed by atoms with E-state index in [0.29, 0.717) is 17.7 Å². The summed E-state index contributed by atoms with van der Waals surface area (Å²) in [6.45, 7) is 2.90. The normalized spacial score (nSPS) is 12.2. The summed E-state index contributed by atoms with van der Waals surface area (Å²) in [5, 5.41) is 3.21. The minimum absolute atomic E-state index is 0.234. The van der Waals surface area contributed by atoms with E-state index in [1.54, 1.807) is 6.07 Å². The average Bonchev–Trinajstić information content (AvgIpc) is 2.49. The van der Waals surface area contributed by atoms with Crippen LogP contribution in [-0.4, -0.2) is 20.7 Å². The van der Waals surface area contributed by atoms with Crippen molar-refractivity contribution >= 4 is 0 Å². The number of likely N-dealkylation sites (N-methyl/N-ethyl adjacent to an activating group) is 1. The third-order valence-corrected chi connectivity index (χ3v) is 3.81. The van der Waals surface area contributed by atoms with Gasteiger partial charge in [-0.2, -0.15) is 0 Å². The number of ether oxygens (including phenoxy) is 1. The van der Waals surface area contributed by atoms with Gasteiger partial charge in [0, 0.05) is 12.5 Å². The molecular weight excluding hydrogens is 265 g/mol. The molecule has 1 N–H and O–H groups in total. The third-order valence-electron chi connectivity index (χ3n) is 3.81. The zero-order valence-electron chi connectivity index (χ0n) is 12.8. The Kier molecular flexibility index (Phi) is 5.34. The molecule has 2 aromatic carbocycles. The highest BCUT2D eigenvalue weighted by atomic mass is 19.1. The molecule has 112 valence electrons. The van der Waals surface area contributed by atoms with E-state index in [4.69, 9.17) is 4.74 Å². The molecule has 0 saturated carbocycles. The maximum Gasteiger partial charge on any atom is 0.168 e. The highest BCUT2D eigenvalue weighted by Gasteiger charge is 2.17. The van der Waals surface area contributed by atoms with E-state index in [-0.39, 0.29) is 11.7 Å². The molecule has 2 nitrogen and oxygen atoms in total. The van der Waals surface area contributed by atoms with Crippen LogP contribution < -0.4 is 10.1 Å². The molecule has 3 heteroatoms. The number of hydrogen-bond acceptors (Lipinski definition) is 2. The lowest BCUT2D eigenvalue weighted by Gasteiger charge is -2.20. The van der Waals surface area contributed by atoms with E-state index >= 15 is 0 Å². The molecule has 0 aliphatic rings. The molecule has 2 aromatic rings. The first-order valence-electron chi connectivity index (χ1n) is 7.19. The summed E-state index contributed by atoms with van der Waals surface area (Å²) < 4.78 is 19.4. The summed E-state index contributed by atoms with van der Waals surface area (Å²) >= 11 is 0. The summed E-state index contributed by atoms with van der Waals surface area (Å²) in [5.74, 6) is 0.285. The molecule has 21 heavy (non-hydrogen) atoms.